The Kier molecular flexibility index (Phi) is 4.53. The van der Waals surface area contributed by atoms with Gasteiger partial charge in [-0.05, 0) is 43.2 Å². The molecule has 2 aromatic rings. The van der Waals surface area contributed by atoms with Gasteiger partial charge < -0.3 is 5.32 Å². The number of amides is 1. The predicted octanol–water partition coefficient (Wildman–Crippen LogP) is 3.61. The molecule has 98 valence electrons. The maximum Gasteiger partial charge on any atom is 0.224 e. The first-order chi connectivity index (χ1) is 9.13. The number of carbonyl (C=O) groups excluding carboxylic acids is 1. The molecule has 0 bridgehead atoms. The van der Waals surface area contributed by atoms with Crippen molar-refractivity contribution in [1.82, 2.24) is 4.98 Å². The van der Waals surface area contributed by atoms with Gasteiger partial charge in [0.05, 0.1) is 11.9 Å². The molecule has 4 heteroatoms. The summed E-state index contributed by atoms with van der Waals surface area (Å²) >= 11 is 5.81. The third-order valence-electron chi connectivity index (χ3n) is 2.75. The van der Waals surface area contributed by atoms with Crippen LogP contribution in [0.1, 0.15) is 17.7 Å². The summed E-state index contributed by atoms with van der Waals surface area (Å²) in [5, 5.41) is 3.53. The number of aromatic nitrogens is 1. The molecule has 19 heavy (non-hydrogen) atoms. The van der Waals surface area contributed by atoms with E-state index >= 15 is 0 Å². The zero-order chi connectivity index (χ0) is 13.7. The van der Waals surface area contributed by atoms with Crippen molar-refractivity contribution in [2.45, 2.75) is 19.8 Å². The highest BCUT2D eigenvalue weighted by atomic mass is 35.5. The Labute approximate surface area is 117 Å². The van der Waals surface area contributed by atoms with Crippen LogP contribution in [0.5, 0.6) is 0 Å². The van der Waals surface area contributed by atoms with E-state index in [9.17, 15) is 4.79 Å². The Morgan fingerprint density at radius 1 is 1.21 bits per heavy atom. The molecule has 0 aliphatic carbocycles. The second-order valence-electron chi connectivity index (χ2n) is 4.36. The predicted molar refractivity (Wildman–Crippen MR) is 77.4 cm³/mol. The molecule has 0 aliphatic heterocycles. The number of pyridine rings is 1. The molecule has 1 N–H and O–H groups in total. The lowest BCUT2D eigenvalue weighted by Crippen LogP contribution is -2.12. The number of anilines is 1. The quantitative estimate of drug-likeness (QED) is 0.925. The molecule has 1 heterocycles. The summed E-state index contributed by atoms with van der Waals surface area (Å²) in [7, 11) is 0. The fourth-order valence-electron chi connectivity index (χ4n) is 1.67. The highest BCUT2D eigenvalue weighted by molar-refractivity contribution is 6.30. The molecule has 0 atom stereocenters. The summed E-state index contributed by atoms with van der Waals surface area (Å²) in [6.07, 6.45) is 2.80. The van der Waals surface area contributed by atoms with Gasteiger partial charge in [-0.2, -0.15) is 0 Å². The molecule has 0 aliphatic rings. The van der Waals surface area contributed by atoms with Gasteiger partial charge in [0.25, 0.3) is 0 Å². The van der Waals surface area contributed by atoms with E-state index in [2.05, 4.69) is 10.3 Å². The van der Waals surface area contributed by atoms with Crippen molar-refractivity contribution < 1.29 is 4.79 Å². The number of aryl methyl sites for hydroxylation is 2. The molecule has 0 spiro atoms. The second-order valence-corrected chi connectivity index (χ2v) is 4.80. The molecular formula is C15H15ClN2O. The van der Waals surface area contributed by atoms with E-state index in [1.54, 1.807) is 6.20 Å². The molecule has 0 saturated carbocycles. The first kappa shape index (κ1) is 13.6. The van der Waals surface area contributed by atoms with E-state index in [1.807, 2.05) is 43.3 Å². The van der Waals surface area contributed by atoms with Gasteiger partial charge in [0, 0.05) is 17.1 Å². The van der Waals surface area contributed by atoms with Gasteiger partial charge in [-0.15, -0.1) is 0 Å². The van der Waals surface area contributed by atoms with E-state index < -0.39 is 0 Å². The second kappa shape index (κ2) is 6.34. The standard InChI is InChI=1S/C15H15ClN2O/c1-11-2-8-14(10-17-11)18-15(19)9-5-12-3-6-13(16)7-4-12/h2-4,6-8,10H,5,9H2,1H3,(H,18,19). The number of nitrogens with one attached hydrogen (secondary N) is 1. The van der Waals surface area contributed by atoms with Crippen molar-refractivity contribution in [2.75, 3.05) is 5.32 Å². The van der Waals surface area contributed by atoms with E-state index in [0.29, 0.717) is 17.9 Å². The fourth-order valence-corrected chi connectivity index (χ4v) is 1.80. The first-order valence-electron chi connectivity index (χ1n) is 6.10. The molecule has 2 rings (SSSR count). The van der Waals surface area contributed by atoms with Crippen LogP contribution < -0.4 is 5.32 Å². The molecule has 1 aromatic carbocycles. The van der Waals surface area contributed by atoms with Gasteiger partial charge in [0.2, 0.25) is 5.91 Å². The average Bonchev–Trinajstić information content (AvgIpc) is 2.41. The molecule has 0 unspecified atom stereocenters. The lowest BCUT2D eigenvalue weighted by molar-refractivity contribution is -0.116. The minimum absolute atomic E-state index is 0.0133. The molecule has 3 nitrogen and oxygen atoms in total. The lowest BCUT2D eigenvalue weighted by atomic mass is 10.1. The van der Waals surface area contributed by atoms with Crippen molar-refractivity contribution in [3.8, 4) is 0 Å². The van der Waals surface area contributed by atoms with Crippen LogP contribution in [-0.2, 0) is 11.2 Å². The summed E-state index contributed by atoms with van der Waals surface area (Å²) in [6, 6.07) is 11.3. The topological polar surface area (TPSA) is 42.0 Å². The van der Waals surface area contributed by atoms with Crippen LogP contribution in [0, 0.1) is 6.92 Å². The number of hydrogen-bond acceptors (Lipinski definition) is 2. The summed E-state index contributed by atoms with van der Waals surface area (Å²) in [5.41, 5.74) is 2.76. The van der Waals surface area contributed by atoms with Crippen molar-refractivity contribution in [3.05, 3.63) is 58.9 Å². The van der Waals surface area contributed by atoms with Crippen molar-refractivity contribution in [3.63, 3.8) is 0 Å². The average molecular weight is 275 g/mol. The van der Waals surface area contributed by atoms with Crippen LogP contribution in [0.3, 0.4) is 0 Å². The minimum Gasteiger partial charge on any atom is -0.325 e. The first-order valence-corrected chi connectivity index (χ1v) is 6.48. The summed E-state index contributed by atoms with van der Waals surface area (Å²) < 4.78 is 0. The normalized spacial score (nSPS) is 10.2. The zero-order valence-corrected chi connectivity index (χ0v) is 11.4. The molecule has 0 saturated heterocycles. The number of hydrogen-bond donors (Lipinski definition) is 1. The van der Waals surface area contributed by atoms with Gasteiger partial charge >= 0.3 is 0 Å². The van der Waals surface area contributed by atoms with E-state index in [-0.39, 0.29) is 5.91 Å². The molecule has 0 radical (unpaired) electrons. The van der Waals surface area contributed by atoms with Crippen LogP contribution in [0.2, 0.25) is 5.02 Å². The molecular weight excluding hydrogens is 260 g/mol. The van der Waals surface area contributed by atoms with Gasteiger partial charge in [-0.25, -0.2) is 0 Å². The largest absolute Gasteiger partial charge is 0.325 e. The Hall–Kier alpha value is -1.87. The Morgan fingerprint density at radius 3 is 2.58 bits per heavy atom. The highest BCUT2D eigenvalue weighted by Gasteiger charge is 2.03. The Morgan fingerprint density at radius 2 is 1.95 bits per heavy atom. The SMILES string of the molecule is Cc1ccc(NC(=O)CCc2ccc(Cl)cc2)cn1. The molecule has 0 fully saturated rings. The van der Waals surface area contributed by atoms with E-state index in [1.165, 1.54) is 0 Å². The van der Waals surface area contributed by atoms with E-state index in [0.717, 1.165) is 16.9 Å². The summed E-state index contributed by atoms with van der Waals surface area (Å²) in [6.45, 7) is 1.91. The van der Waals surface area contributed by atoms with Crippen molar-refractivity contribution >= 4 is 23.2 Å². The Bertz CT molecular complexity index is 549. The fraction of sp³-hybridized carbons (Fsp3) is 0.200. The van der Waals surface area contributed by atoms with E-state index in [4.69, 9.17) is 11.6 Å². The van der Waals surface area contributed by atoms with Gasteiger partial charge in [0.15, 0.2) is 0 Å². The highest BCUT2D eigenvalue weighted by Crippen LogP contribution is 2.12. The maximum atomic E-state index is 11.8. The molecule has 1 aromatic heterocycles. The summed E-state index contributed by atoms with van der Waals surface area (Å²) in [4.78, 5) is 15.9. The van der Waals surface area contributed by atoms with Crippen LogP contribution in [0.15, 0.2) is 42.6 Å². The van der Waals surface area contributed by atoms with Crippen LogP contribution in [0.25, 0.3) is 0 Å². The monoisotopic (exact) mass is 274 g/mol. The maximum absolute atomic E-state index is 11.8. The third-order valence-corrected chi connectivity index (χ3v) is 3.00. The number of halogens is 1. The summed E-state index contributed by atoms with van der Waals surface area (Å²) in [5.74, 6) is -0.0133. The number of rotatable bonds is 4. The lowest BCUT2D eigenvalue weighted by Gasteiger charge is -2.05. The van der Waals surface area contributed by atoms with Gasteiger partial charge in [0.1, 0.15) is 0 Å². The van der Waals surface area contributed by atoms with Gasteiger partial charge in [-0.1, -0.05) is 23.7 Å². The number of benzene rings is 1. The Balaban J connectivity index is 1.84. The van der Waals surface area contributed by atoms with Crippen LogP contribution in [0.4, 0.5) is 5.69 Å². The van der Waals surface area contributed by atoms with Crippen LogP contribution >= 0.6 is 11.6 Å². The number of nitrogens with zero attached hydrogens (tertiary/aromatic N) is 1. The molecule has 1 amide bonds. The third kappa shape index (κ3) is 4.38. The zero-order valence-electron chi connectivity index (χ0n) is 10.7. The minimum atomic E-state index is -0.0133. The van der Waals surface area contributed by atoms with Crippen molar-refractivity contribution in [1.29, 1.82) is 0 Å². The van der Waals surface area contributed by atoms with Crippen molar-refractivity contribution in [2.24, 2.45) is 0 Å². The van der Waals surface area contributed by atoms with Gasteiger partial charge in [-0.3, -0.25) is 9.78 Å². The smallest absolute Gasteiger partial charge is 0.224 e. The van der Waals surface area contributed by atoms with Crippen LogP contribution in [-0.4, -0.2) is 10.9 Å². The number of carbonyl (C=O) groups is 1.